The number of nitrogens with zero attached hydrogens (tertiary/aromatic N) is 1. The van der Waals surface area contributed by atoms with E-state index in [0.717, 1.165) is 52.5 Å². The smallest absolute Gasteiger partial charge is 0.318 e. The molecule has 7 heteroatoms. The molecule has 1 fully saturated rings. The van der Waals surface area contributed by atoms with Crippen LogP contribution in [0.1, 0.15) is 42.5 Å². The molecular weight excluding hydrogens is 391 g/mol. The Bertz CT molecular complexity index is 908. The van der Waals surface area contributed by atoms with Crippen molar-refractivity contribution < 1.29 is 18.7 Å². The number of likely N-dealkylation sites (tertiary alicyclic amines) is 1. The van der Waals surface area contributed by atoms with Crippen molar-refractivity contribution in [2.45, 2.75) is 36.2 Å². The van der Waals surface area contributed by atoms with Crippen molar-refractivity contribution in [3.63, 3.8) is 0 Å². The number of hydrogen-bond acceptors (Lipinski definition) is 4. The van der Waals surface area contributed by atoms with Crippen LogP contribution >= 0.6 is 11.8 Å². The van der Waals surface area contributed by atoms with Gasteiger partial charge in [0.05, 0.1) is 26.3 Å². The maximum Gasteiger partial charge on any atom is 0.318 e. The van der Waals surface area contributed by atoms with Crippen LogP contribution < -0.4 is 14.8 Å². The van der Waals surface area contributed by atoms with Crippen molar-refractivity contribution in [2.75, 3.05) is 26.5 Å². The average molecular weight is 417 g/mol. The van der Waals surface area contributed by atoms with Crippen molar-refractivity contribution >= 4 is 17.8 Å². The Balaban J connectivity index is 1.56. The molecule has 2 unspecified atom stereocenters. The number of thioether (sulfide) groups is 1. The Morgan fingerprint density at radius 3 is 2.79 bits per heavy atom. The molecule has 2 amide bonds. The molecule has 1 N–H and O–H groups in total. The van der Waals surface area contributed by atoms with Gasteiger partial charge in [-0.25, -0.2) is 9.18 Å². The third kappa shape index (κ3) is 4.01. The molecule has 0 bridgehead atoms. The van der Waals surface area contributed by atoms with E-state index >= 15 is 0 Å². The maximum absolute atomic E-state index is 13.8. The third-order valence-electron chi connectivity index (χ3n) is 5.62. The fraction of sp³-hybridized carbons (Fsp3) is 0.409. The van der Waals surface area contributed by atoms with E-state index < -0.39 is 0 Å². The molecule has 0 aliphatic carbocycles. The first-order valence-corrected chi connectivity index (χ1v) is 10.8. The molecule has 5 nitrogen and oxygen atoms in total. The lowest BCUT2D eigenvalue weighted by molar-refractivity contribution is 0.187. The van der Waals surface area contributed by atoms with Gasteiger partial charge < -0.3 is 19.7 Å². The lowest BCUT2D eigenvalue weighted by Gasteiger charge is -2.31. The lowest BCUT2D eigenvalue weighted by atomic mass is 10.0. The van der Waals surface area contributed by atoms with Crippen LogP contribution in [0.25, 0.3) is 0 Å². The molecule has 2 heterocycles. The number of halogens is 1. The Labute approximate surface area is 174 Å². The van der Waals surface area contributed by atoms with Crippen molar-refractivity contribution in [1.29, 1.82) is 0 Å². The highest BCUT2D eigenvalue weighted by atomic mass is 32.2. The van der Waals surface area contributed by atoms with E-state index in [1.807, 2.05) is 23.1 Å². The highest BCUT2D eigenvalue weighted by Crippen LogP contribution is 2.40. The zero-order chi connectivity index (χ0) is 20.4. The van der Waals surface area contributed by atoms with Crippen molar-refractivity contribution in [2.24, 2.45) is 0 Å². The van der Waals surface area contributed by atoms with Crippen LogP contribution in [0.4, 0.5) is 9.18 Å². The van der Waals surface area contributed by atoms with Crippen LogP contribution in [0.5, 0.6) is 11.5 Å². The standard InChI is InChI=1S/C22H25FN2O3S/c1-27-15-6-7-20(28-2)17(13-15)19-4-3-10-25(19)22(26)24-18-9-11-29-21-8-5-14(23)12-16(18)21/h5-8,12-13,18-19H,3-4,9-11H2,1-2H3,(H,24,26). The fourth-order valence-corrected chi connectivity index (χ4v) is 5.29. The second-order valence-electron chi connectivity index (χ2n) is 7.28. The maximum atomic E-state index is 13.8. The molecule has 2 atom stereocenters. The Morgan fingerprint density at radius 2 is 2.00 bits per heavy atom. The Morgan fingerprint density at radius 1 is 1.14 bits per heavy atom. The molecule has 0 saturated carbocycles. The minimum Gasteiger partial charge on any atom is -0.497 e. The molecule has 29 heavy (non-hydrogen) atoms. The normalized spacial score (nSPS) is 20.9. The number of urea groups is 1. The zero-order valence-corrected chi connectivity index (χ0v) is 17.4. The molecule has 4 rings (SSSR count). The molecule has 0 radical (unpaired) electrons. The van der Waals surface area contributed by atoms with Gasteiger partial charge in [0.2, 0.25) is 0 Å². The van der Waals surface area contributed by atoms with E-state index in [2.05, 4.69) is 5.32 Å². The summed E-state index contributed by atoms with van der Waals surface area (Å²) in [5.41, 5.74) is 1.81. The van der Waals surface area contributed by atoms with Crippen molar-refractivity contribution in [1.82, 2.24) is 10.2 Å². The summed E-state index contributed by atoms with van der Waals surface area (Å²) >= 11 is 1.70. The second kappa shape index (κ2) is 8.53. The molecule has 0 aromatic heterocycles. The van der Waals surface area contributed by atoms with Crippen molar-refractivity contribution in [3.05, 3.63) is 53.3 Å². The number of ether oxygens (including phenoxy) is 2. The monoisotopic (exact) mass is 416 g/mol. The summed E-state index contributed by atoms with van der Waals surface area (Å²) in [4.78, 5) is 16.1. The number of amides is 2. The van der Waals surface area contributed by atoms with Crippen LogP contribution in [0.2, 0.25) is 0 Å². The van der Waals surface area contributed by atoms with Gasteiger partial charge in [-0.3, -0.25) is 0 Å². The Kier molecular flexibility index (Phi) is 5.85. The summed E-state index contributed by atoms with van der Waals surface area (Å²) in [6, 6.07) is 10.1. The molecule has 2 aliphatic heterocycles. The van der Waals surface area contributed by atoms with Gasteiger partial charge in [0.25, 0.3) is 0 Å². The van der Waals surface area contributed by atoms with E-state index in [1.54, 1.807) is 38.1 Å². The highest BCUT2D eigenvalue weighted by molar-refractivity contribution is 7.99. The number of nitrogens with one attached hydrogen (secondary N) is 1. The van der Waals surface area contributed by atoms with Gasteiger partial charge in [-0.15, -0.1) is 11.8 Å². The third-order valence-corrected chi connectivity index (χ3v) is 6.74. The first kappa shape index (κ1) is 19.9. The fourth-order valence-electron chi connectivity index (χ4n) is 4.18. The first-order valence-electron chi connectivity index (χ1n) is 9.82. The molecule has 2 aromatic carbocycles. The quantitative estimate of drug-likeness (QED) is 0.768. The van der Waals surface area contributed by atoms with Gasteiger partial charge in [-0.05, 0) is 61.2 Å². The number of rotatable bonds is 4. The summed E-state index contributed by atoms with van der Waals surface area (Å²) in [5, 5.41) is 3.14. The van der Waals surface area contributed by atoms with E-state index in [1.165, 1.54) is 6.07 Å². The zero-order valence-electron chi connectivity index (χ0n) is 16.6. The van der Waals surface area contributed by atoms with Crippen LogP contribution in [0, 0.1) is 5.82 Å². The van der Waals surface area contributed by atoms with Crippen LogP contribution in [0.3, 0.4) is 0 Å². The SMILES string of the molecule is COc1ccc(OC)c(C2CCCN2C(=O)NC2CCSc3ccc(F)cc32)c1. The average Bonchev–Trinajstić information content (AvgIpc) is 3.23. The minimum absolute atomic E-state index is 0.0787. The number of fused-ring (bicyclic) bond motifs is 1. The summed E-state index contributed by atoms with van der Waals surface area (Å²) < 4.78 is 24.7. The molecule has 2 aliphatic rings. The van der Waals surface area contributed by atoms with E-state index in [4.69, 9.17) is 9.47 Å². The highest BCUT2D eigenvalue weighted by Gasteiger charge is 2.34. The van der Waals surface area contributed by atoms with E-state index in [0.29, 0.717) is 6.54 Å². The van der Waals surface area contributed by atoms with Gasteiger partial charge in [-0.2, -0.15) is 0 Å². The lowest BCUT2D eigenvalue weighted by Crippen LogP contribution is -2.42. The van der Waals surface area contributed by atoms with Crippen molar-refractivity contribution in [3.8, 4) is 11.5 Å². The predicted octanol–water partition coefficient (Wildman–Crippen LogP) is 4.93. The van der Waals surface area contributed by atoms with Crippen LogP contribution in [0.15, 0.2) is 41.3 Å². The number of benzene rings is 2. The van der Waals surface area contributed by atoms with Gasteiger partial charge in [0.15, 0.2) is 0 Å². The van der Waals surface area contributed by atoms with Gasteiger partial charge in [0.1, 0.15) is 17.3 Å². The summed E-state index contributed by atoms with van der Waals surface area (Å²) in [6.45, 7) is 0.675. The van der Waals surface area contributed by atoms with E-state index in [9.17, 15) is 9.18 Å². The summed E-state index contributed by atoms with van der Waals surface area (Å²) in [7, 11) is 3.26. The van der Waals surface area contributed by atoms with Crippen LogP contribution in [-0.4, -0.2) is 37.4 Å². The molecule has 0 spiro atoms. The molecule has 2 aromatic rings. The molecule has 1 saturated heterocycles. The number of carbonyl (C=O) groups excluding carboxylic acids is 1. The predicted molar refractivity (Wildman–Crippen MR) is 111 cm³/mol. The Hall–Kier alpha value is -2.41. The van der Waals surface area contributed by atoms with Gasteiger partial charge in [0, 0.05) is 22.8 Å². The first-order chi connectivity index (χ1) is 14.1. The topological polar surface area (TPSA) is 50.8 Å². The summed E-state index contributed by atoms with van der Waals surface area (Å²) in [6.07, 6.45) is 2.57. The van der Waals surface area contributed by atoms with Gasteiger partial charge >= 0.3 is 6.03 Å². The second-order valence-corrected chi connectivity index (χ2v) is 8.42. The number of hydrogen-bond donors (Lipinski definition) is 1. The molecular formula is C22H25FN2O3S. The summed E-state index contributed by atoms with van der Waals surface area (Å²) in [5.74, 6) is 2.11. The molecule has 154 valence electrons. The van der Waals surface area contributed by atoms with Crippen LogP contribution in [-0.2, 0) is 0 Å². The van der Waals surface area contributed by atoms with Gasteiger partial charge in [-0.1, -0.05) is 0 Å². The number of methoxy groups -OCH3 is 2. The number of carbonyl (C=O) groups is 1. The van der Waals surface area contributed by atoms with E-state index in [-0.39, 0.29) is 23.9 Å². The minimum atomic E-state index is -0.273. The largest absolute Gasteiger partial charge is 0.497 e.